The summed E-state index contributed by atoms with van der Waals surface area (Å²) < 4.78 is 7.13. The van der Waals surface area contributed by atoms with Crippen LogP contribution in [0.1, 0.15) is 22.3 Å². The summed E-state index contributed by atoms with van der Waals surface area (Å²) in [6.07, 6.45) is 0. The molecule has 2 aliphatic carbocycles. The maximum Gasteiger partial charge on any atom is 0.143 e. The van der Waals surface area contributed by atoms with Crippen molar-refractivity contribution in [3.8, 4) is 22.3 Å². The molecule has 0 aliphatic heterocycles. The Balaban J connectivity index is 1.11. The zero-order chi connectivity index (χ0) is 43.3. The SMILES string of the molecule is c1ccc(N(c2ccccc2)c2ccc3cc4c(cc3c2)C2(c3ccccc3-c3ccccc32)c2c-4c3c4ccccc4oc3c3cc(N(c4ccccc4)c4ccccc4)ccc23)cc1. The summed E-state index contributed by atoms with van der Waals surface area (Å²) in [7, 11) is 0. The number of anilines is 6. The van der Waals surface area contributed by atoms with Gasteiger partial charge in [0.25, 0.3) is 0 Å². The van der Waals surface area contributed by atoms with Crippen molar-refractivity contribution < 1.29 is 4.42 Å². The third-order valence-corrected chi connectivity index (χ3v) is 14.1. The molecule has 0 atom stereocenters. The molecule has 66 heavy (non-hydrogen) atoms. The van der Waals surface area contributed by atoms with Gasteiger partial charge in [-0.25, -0.2) is 0 Å². The minimum Gasteiger partial charge on any atom is -0.455 e. The van der Waals surface area contributed by atoms with E-state index in [2.05, 4.69) is 252 Å². The average molecular weight is 841 g/mol. The van der Waals surface area contributed by atoms with Crippen LogP contribution in [0.4, 0.5) is 34.1 Å². The van der Waals surface area contributed by atoms with Gasteiger partial charge in [-0.05, 0) is 152 Å². The zero-order valence-corrected chi connectivity index (χ0v) is 35.9. The number of benzene rings is 11. The van der Waals surface area contributed by atoms with E-state index < -0.39 is 5.41 Å². The van der Waals surface area contributed by atoms with E-state index in [-0.39, 0.29) is 0 Å². The zero-order valence-electron chi connectivity index (χ0n) is 35.9. The van der Waals surface area contributed by atoms with Crippen molar-refractivity contribution in [2.45, 2.75) is 5.41 Å². The summed E-state index contributed by atoms with van der Waals surface area (Å²) in [5.74, 6) is 0. The maximum atomic E-state index is 7.13. The number of hydrogen-bond donors (Lipinski definition) is 0. The predicted molar refractivity (Wildman–Crippen MR) is 274 cm³/mol. The number of para-hydroxylation sites is 5. The molecule has 0 amide bonds. The number of rotatable bonds is 6. The molecule has 11 aromatic carbocycles. The Morgan fingerprint density at radius 2 is 0.818 bits per heavy atom. The molecule has 0 bridgehead atoms. The molecule has 308 valence electrons. The normalized spacial score (nSPS) is 13.0. The van der Waals surface area contributed by atoms with E-state index in [1.165, 1.54) is 60.7 Å². The van der Waals surface area contributed by atoms with Crippen molar-refractivity contribution >= 4 is 77.6 Å². The molecule has 1 spiro atoms. The lowest BCUT2D eigenvalue weighted by Crippen LogP contribution is -2.26. The van der Waals surface area contributed by atoms with E-state index in [0.29, 0.717) is 0 Å². The summed E-state index contributed by atoms with van der Waals surface area (Å²) in [5, 5.41) is 6.95. The highest BCUT2D eigenvalue weighted by Gasteiger charge is 2.53. The Hall–Kier alpha value is -8.66. The van der Waals surface area contributed by atoms with Gasteiger partial charge in [-0.2, -0.15) is 0 Å². The monoisotopic (exact) mass is 840 g/mol. The summed E-state index contributed by atoms with van der Waals surface area (Å²) >= 11 is 0. The van der Waals surface area contributed by atoms with Crippen LogP contribution in [-0.4, -0.2) is 0 Å². The first kappa shape index (κ1) is 36.8. The van der Waals surface area contributed by atoms with Crippen LogP contribution >= 0.6 is 0 Å². The molecule has 3 heteroatoms. The second-order valence-electron chi connectivity index (χ2n) is 17.6. The van der Waals surface area contributed by atoms with Gasteiger partial charge < -0.3 is 14.2 Å². The number of hydrogen-bond acceptors (Lipinski definition) is 3. The van der Waals surface area contributed by atoms with Gasteiger partial charge in [0.1, 0.15) is 11.2 Å². The lowest BCUT2D eigenvalue weighted by Gasteiger charge is -2.32. The van der Waals surface area contributed by atoms with Gasteiger partial charge in [-0.3, -0.25) is 0 Å². The Morgan fingerprint density at radius 3 is 1.41 bits per heavy atom. The predicted octanol–water partition coefficient (Wildman–Crippen LogP) is 17.2. The third-order valence-electron chi connectivity index (χ3n) is 14.1. The minimum atomic E-state index is -0.620. The molecule has 0 saturated heterocycles. The summed E-state index contributed by atoms with van der Waals surface area (Å²) in [6.45, 7) is 0. The van der Waals surface area contributed by atoms with Gasteiger partial charge in [0.15, 0.2) is 0 Å². The van der Waals surface area contributed by atoms with E-state index in [1.54, 1.807) is 0 Å². The molecule has 1 aromatic heterocycles. The van der Waals surface area contributed by atoms with Crippen LogP contribution in [-0.2, 0) is 5.41 Å². The van der Waals surface area contributed by atoms with Gasteiger partial charge in [0.05, 0.1) is 5.41 Å². The highest BCUT2D eigenvalue weighted by molar-refractivity contribution is 6.26. The average Bonchev–Trinajstić information content (AvgIpc) is 4.01. The Kier molecular flexibility index (Phi) is 7.90. The molecule has 12 aromatic rings. The minimum absolute atomic E-state index is 0.620. The van der Waals surface area contributed by atoms with Crippen LogP contribution in [0, 0.1) is 0 Å². The quantitative estimate of drug-likeness (QED) is 0.166. The van der Waals surface area contributed by atoms with E-state index >= 15 is 0 Å². The van der Waals surface area contributed by atoms with Crippen molar-refractivity contribution in [1.82, 2.24) is 0 Å². The Labute approximate surface area is 382 Å². The molecular weight excluding hydrogens is 801 g/mol. The van der Waals surface area contributed by atoms with Gasteiger partial charge in [-0.1, -0.05) is 152 Å². The van der Waals surface area contributed by atoms with Gasteiger partial charge in [0.2, 0.25) is 0 Å². The topological polar surface area (TPSA) is 19.6 Å². The molecule has 0 fully saturated rings. The van der Waals surface area contributed by atoms with Gasteiger partial charge >= 0.3 is 0 Å². The molecule has 1 heterocycles. The lowest BCUT2D eigenvalue weighted by molar-refractivity contribution is 0.672. The summed E-state index contributed by atoms with van der Waals surface area (Å²) in [5.41, 5.74) is 18.1. The fourth-order valence-electron chi connectivity index (χ4n) is 11.6. The summed E-state index contributed by atoms with van der Waals surface area (Å²) in [6, 6.07) is 88.6. The highest BCUT2D eigenvalue weighted by Crippen LogP contribution is 2.66. The van der Waals surface area contributed by atoms with Crippen molar-refractivity contribution in [3.05, 3.63) is 265 Å². The highest BCUT2D eigenvalue weighted by atomic mass is 16.3. The van der Waals surface area contributed by atoms with Crippen LogP contribution < -0.4 is 9.80 Å². The molecule has 2 aliphatic rings. The maximum absolute atomic E-state index is 7.13. The van der Waals surface area contributed by atoms with E-state index in [0.717, 1.165) is 61.4 Å². The second-order valence-corrected chi connectivity index (χ2v) is 17.6. The van der Waals surface area contributed by atoms with Crippen LogP contribution in [0.3, 0.4) is 0 Å². The molecule has 14 rings (SSSR count). The van der Waals surface area contributed by atoms with E-state index in [4.69, 9.17) is 4.42 Å². The second kappa shape index (κ2) is 14.2. The number of furan rings is 1. The Morgan fingerprint density at radius 1 is 0.318 bits per heavy atom. The molecular formula is C63H40N2O. The Bertz CT molecular complexity index is 3750. The first-order valence-corrected chi connectivity index (χ1v) is 22.8. The largest absolute Gasteiger partial charge is 0.455 e. The number of nitrogens with zero attached hydrogens (tertiary/aromatic N) is 2. The standard InChI is InChI=1S/C63H40N2O/c1-5-19-43(20-6-1)64(44-21-7-2-8-22-44)47-34-33-41-38-54-57(39-42(41)37-47)63(55-30-16-13-27-49(55)50-28-14-17-31-56(50)63)61-51-36-35-48(65(45-23-9-3-10-24-45)46-25-11-4-12-26-46)40-53(51)62-60(59(54)61)52-29-15-18-32-58(52)66-62/h1-40H. The van der Waals surface area contributed by atoms with E-state index in [1.807, 2.05) is 0 Å². The van der Waals surface area contributed by atoms with Crippen molar-refractivity contribution in [2.75, 3.05) is 9.80 Å². The van der Waals surface area contributed by atoms with Crippen LogP contribution in [0.2, 0.25) is 0 Å². The lowest BCUT2D eigenvalue weighted by atomic mass is 9.69. The first-order chi connectivity index (χ1) is 32.8. The fourth-order valence-corrected chi connectivity index (χ4v) is 11.6. The van der Waals surface area contributed by atoms with Crippen LogP contribution in [0.5, 0.6) is 0 Å². The van der Waals surface area contributed by atoms with Gasteiger partial charge in [0, 0.05) is 50.3 Å². The molecule has 0 N–H and O–H groups in total. The van der Waals surface area contributed by atoms with Crippen molar-refractivity contribution in [2.24, 2.45) is 0 Å². The van der Waals surface area contributed by atoms with E-state index in [9.17, 15) is 0 Å². The van der Waals surface area contributed by atoms with Crippen LogP contribution in [0.15, 0.2) is 247 Å². The molecule has 3 nitrogen and oxygen atoms in total. The smallest absolute Gasteiger partial charge is 0.143 e. The van der Waals surface area contributed by atoms with Crippen LogP contribution in [0.25, 0.3) is 65.7 Å². The van der Waals surface area contributed by atoms with Gasteiger partial charge in [-0.15, -0.1) is 0 Å². The fraction of sp³-hybridized carbons (Fsp3) is 0.0159. The van der Waals surface area contributed by atoms with Crippen molar-refractivity contribution in [3.63, 3.8) is 0 Å². The first-order valence-electron chi connectivity index (χ1n) is 22.8. The molecule has 0 saturated carbocycles. The number of fused-ring (bicyclic) bond motifs is 18. The molecule has 0 radical (unpaired) electrons. The summed E-state index contributed by atoms with van der Waals surface area (Å²) in [4.78, 5) is 4.71. The third kappa shape index (κ3) is 5.14. The van der Waals surface area contributed by atoms with Crippen molar-refractivity contribution in [1.29, 1.82) is 0 Å². The molecule has 0 unspecified atom stereocenters.